The van der Waals surface area contributed by atoms with Gasteiger partial charge in [-0.2, -0.15) is 0 Å². The zero-order valence-electron chi connectivity index (χ0n) is 9.79. The standard InChI is InChI=1S/C13H18N2O/c1-9(2)5-6-10(3)16-11(4)12-7-8-15-13(12)14/h5-9,15H,3-4,14H2,1-2H3/b6-5-. The van der Waals surface area contributed by atoms with Crippen molar-refractivity contribution in [2.75, 3.05) is 5.73 Å². The topological polar surface area (TPSA) is 51.0 Å². The molecule has 0 aliphatic rings. The largest absolute Gasteiger partial charge is 0.458 e. The molecule has 1 heterocycles. The normalized spacial score (nSPS) is 10.9. The summed E-state index contributed by atoms with van der Waals surface area (Å²) in [5, 5.41) is 0. The molecule has 0 radical (unpaired) electrons. The Morgan fingerprint density at radius 3 is 2.69 bits per heavy atom. The number of hydrogen-bond acceptors (Lipinski definition) is 2. The minimum Gasteiger partial charge on any atom is -0.458 e. The van der Waals surface area contributed by atoms with Gasteiger partial charge in [0.2, 0.25) is 0 Å². The summed E-state index contributed by atoms with van der Waals surface area (Å²) < 4.78 is 5.45. The number of aromatic nitrogens is 1. The fourth-order valence-electron chi connectivity index (χ4n) is 1.17. The van der Waals surface area contributed by atoms with E-state index in [1.165, 1.54) is 0 Å². The van der Waals surface area contributed by atoms with Gasteiger partial charge in [-0.3, -0.25) is 0 Å². The molecule has 3 nitrogen and oxygen atoms in total. The average Bonchev–Trinajstić information content (AvgIpc) is 2.61. The maximum absolute atomic E-state index is 5.70. The SMILES string of the molecule is C=C(/C=C\C(C)C)OC(=C)c1cc[nH]c1N. The van der Waals surface area contributed by atoms with Gasteiger partial charge in [0.1, 0.15) is 17.3 Å². The van der Waals surface area contributed by atoms with Crippen LogP contribution < -0.4 is 5.73 Å². The summed E-state index contributed by atoms with van der Waals surface area (Å²) >= 11 is 0. The first-order valence-corrected chi connectivity index (χ1v) is 5.17. The van der Waals surface area contributed by atoms with Crippen LogP contribution in [0.2, 0.25) is 0 Å². The lowest BCUT2D eigenvalue weighted by molar-refractivity contribution is 0.404. The summed E-state index contributed by atoms with van der Waals surface area (Å²) in [5.41, 5.74) is 6.46. The van der Waals surface area contributed by atoms with E-state index in [2.05, 4.69) is 32.0 Å². The van der Waals surface area contributed by atoms with Gasteiger partial charge in [0.15, 0.2) is 0 Å². The molecule has 3 N–H and O–H groups in total. The van der Waals surface area contributed by atoms with E-state index in [1.807, 2.05) is 18.2 Å². The molecule has 1 aromatic rings. The van der Waals surface area contributed by atoms with Gasteiger partial charge in [-0.1, -0.05) is 33.1 Å². The molecule has 0 saturated heterocycles. The Labute approximate surface area is 96.3 Å². The zero-order chi connectivity index (χ0) is 12.1. The van der Waals surface area contributed by atoms with E-state index in [-0.39, 0.29) is 0 Å². The first kappa shape index (κ1) is 12.2. The molecule has 0 saturated carbocycles. The second kappa shape index (κ2) is 5.26. The van der Waals surface area contributed by atoms with Crippen molar-refractivity contribution in [3.05, 3.63) is 48.9 Å². The highest BCUT2D eigenvalue weighted by Gasteiger charge is 2.06. The van der Waals surface area contributed by atoms with Gasteiger partial charge in [0.05, 0.1) is 5.56 Å². The van der Waals surface area contributed by atoms with Crippen LogP contribution in [-0.2, 0) is 4.74 Å². The monoisotopic (exact) mass is 218 g/mol. The quantitative estimate of drug-likeness (QED) is 0.588. The maximum atomic E-state index is 5.70. The van der Waals surface area contributed by atoms with Crippen LogP contribution in [0.15, 0.2) is 43.3 Å². The van der Waals surface area contributed by atoms with Gasteiger partial charge in [0.25, 0.3) is 0 Å². The number of aromatic amines is 1. The lowest BCUT2D eigenvalue weighted by atomic mass is 10.2. The smallest absolute Gasteiger partial charge is 0.131 e. The van der Waals surface area contributed by atoms with Crippen molar-refractivity contribution in [3.63, 3.8) is 0 Å². The molecule has 0 unspecified atom stereocenters. The molecule has 0 amide bonds. The Bertz CT molecular complexity index is 413. The second-order valence-electron chi connectivity index (χ2n) is 3.90. The number of nitrogen functional groups attached to an aromatic ring is 1. The van der Waals surface area contributed by atoms with Crippen LogP contribution >= 0.6 is 0 Å². The Hall–Kier alpha value is -1.90. The Kier molecular flexibility index (Phi) is 4.00. The summed E-state index contributed by atoms with van der Waals surface area (Å²) in [5.74, 6) is 2.06. The van der Waals surface area contributed by atoms with Crippen molar-refractivity contribution in [1.82, 2.24) is 4.98 Å². The predicted molar refractivity (Wildman–Crippen MR) is 68.4 cm³/mol. The van der Waals surface area contributed by atoms with E-state index in [4.69, 9.17) is 10.5 Å². The Balaban J connectivity index is 2.59. The highest BCUT2D eigenvalue weighted by atomic mass is 16.5. The number of anilines is 1. The van der Waals surface area contributed by atoms with Crippen molar-refractivity contribution in [1.29, 1.82) is 0 Å². The predicted octanol–water partition coefficient (Wildman–Crippen LogP) is 3.31. The van der Waals surface area contributed by atoms with E-state index >= 15 is 0 Å². The van der Waals surface area contributed by atoms with Crippen molar-refractivity contribution in [2.24, 2.45) is 5.92 Å². The third-order valence-corrected chi connectivity index (χ3v) is 2.00. The molecule has 0 fully saturated rings. The van der Waals surface area contributed by atoms with E-state index in [9.17, 15) is 0 Å². The number of allylic oxidation sites excluding steroid dienone is 2. The van der Waals surface area contributed by atoms with Gasteiger partial charge in [-0.05, 0) is 18.1 Å². The van der Waals surface area contributed by atoms with Crippen LogP contribution in [0.1, 0.15) is 19.4 Å². The molecule has 1 rings (SSSR count). The van der Waals surface area contributed by atoms with E-state index < -0.39 is 0 Å². The molecule has 0 atom stereocenters. The van der Waals surface area contributed by atoms with E-state index in [0.29, 0.717) is 23.3 Å². The van der Waals surface area contributed by atoms with Crippen LogP contribution in [0, 0.1) is 5.92 Å². The van der Waals surface area contributed by atoms with Crippen molar-refractivity contribution >= 4 is 11.6 Å². The molecule has 86 valence electrons. The fraction of sp³-hybridized carbons (Fsp3) is 0.231. The fourth-order valence-corrected chi connectivity index (χ4v) is 1.17. The van der Waals surface area contributed by atoms with Gasteiger partial charge >= 0.3 is 0 Å². The minimum absolute atomic E-state index is 0.464. The average molecular weight is 218 g/mol. The van der Waals surface area contributed by atoms with E-state index in [1.54, 1.807) is 6.20 Å². The molecule has 0 bridgehead atoms. The molecule has 0 aliphatic carbocycles. The van der Waals surface area contributed by atoms with Gasteiger partial charge < -0.3 is 15.5 Å². The number of nitrogens with one attached hydrogen (secondary N) is 1. The molecular formula is C13H18N2O. The second-order valence-corrected chi connectivity index (χ2v) is 3.90. The number of H-pyrrole nitrogens is 1. The Morgan fingerprint density at radius 1 is 1.50 bits per heavy atom. The van der Waals surface area contributed by atoms with Crippen LogP contribution in [0.4, 0.5) is 5.82 Å². The molecule has 0 spiro atoms. The van der Waals surface area contributed by atoms with Crippen LogP contribution in [0.3, 0.4) is 0 Å². The third kappa shape index (κ3) is 3.35. The van der Waals surface area contributed by atoms with Crippen LogP contribution in [-0.4, -0.2) is 4.98 Å². The van der Waals surface area contributed by atoms with E-state index in [0.717, 1.165) is 5.56 Å². The zero-order valence-corrected chi connectivity index (χ0v) is 9.79. The highest BCUT2D eigenvalue weighted by Crippen LogP contribution is 2.22. The van der Waals surface area contributed by atoms with Crippen LogP contribution in [0.5, 0.6) is 0 Å². The first-order valence-electron chi connectivity index (χ1n) is 5.17. The van der Waals surface area contributed by atoms with Crippen LogP contribution in [0.25, 0.3) is 5.76 Å². The highest BCUT2D eigenvalue weighted by molar-refractivity contribution is 5.68. The van der Waals surface area contributed by atoms with Crippen molar-refractivity contribution in [3.8, 4) is 0 Å². The maximum Gasteiger partial charge on any atom is 0.131 e. The lowest BCUT2D eigenvalue weighted by Crippen LogP contribution is -1.93. The minimum atomic E-state index is 0.464. The molecule has 0 aliphatic heterocycles. The summed E-state index contributed by atoms with van der Waals surface area (Å²) in [6.45, 7) is 11.8. The number of nitrogens with two attached hydrogens (primary N) is 1. The first-order chi connectivity index (χ1) is 7.50. The lowest BCUT2D eigenvalue weighted by Gasteiger charge is -2.08. The van der Waals surface area contributed by atoms with Gasteiger partial charge in [-0.25, -0.2) is 0 Å². The van der Waals surface area contributed by atoms with Crippen molar-refractivity contribution in [2.45, 2.75) is 13.8 Å². The number of ether oxygens (including phenoxy) is 1. The third-order valence-electron chi connectivity index (χ3n) is 2.00. The molecule has 0 aromatic carbocycles. The summed E-state index contributed by atoms with van der Waals surface area (Å²) in [4.78, 5) is 2.86. The number of rotatable bonds is 5. The molecule has 16 heavy (non-hydrogen) atoms. The van der Waals surface area contributed by atoms with Gasteiger partial charge in [0, 0.05) is 6.20 Å². The summed E-state index contributed by atoms with van der Waals surface area (Å²) in [6.07, 6.45) is 5.58. The molecule has 1 aromatic heterocycles. The summed E-state index contributed by atoms with van der Waals surface area (Å²) in [6, 6.07) is 1.82. The molecular weight excluding hydrogens is 200 g/mol. The van der Waals surface area contributed by atoms with Gasteiger partial charge in [-0.15, -0.1) is 0 Å². The summed E-state index contributed by atoms with van der Waals surface area (Å²) in [7, 11) is 0. The van der Waals surface area contributed by atoms with Crippen molar-refractivity contribution < 1.29 is 4.74 Å². The number of hydrogen-bond donors (Lipinski definition) is 2. The molecule has 3 heteroatoms. The Morgan fingerprint density at radius 2 is 2.19 bits per heavy atom.